The first-order valence-electron chi connectivity index (χ1n) is 6.35. The van der Waals surface area contributed by atoms with Crippen molar-refractivity contribution in [2.75, 3.05) is 18.5 Å². The van der Waals surface area contributed by atoms with E-state index in [1.807, 2.05) is 18.2 Å². The third-order valence-electron chi connectivity index (χ3n) is 2.97. The number of rotatable bonds is 5. The molecule has 0 saturated heterocycles. The molecule has 19 heavy (non-hydrogen) atoms. The average molecular weight is 259 g/mol. The maximum Gasteiger partial charge on any atom is 0.129 e. The van der Waals surface area contributed by atoms with Crippen LogP contribution < -0.4 is 10.1 Å². The number of halogens is 1. The Kier molecular flexibility index (Phi) is 4.39. The number of benzene rings is 2. The highest BCUT2D eigenvalue weighted by Gasteiger charge is 2.00. The Morgan fingerprint density at radius 2 is 1.84 bits per heavy atom. The molecule has 2 aromatic carbocycles. The van der Waals surface area contributed by atoms with Crippen LogP contribution in [0.1, 0.15) is 11.1 Å². The molecule has 100 valence electrons. The molecule has 2 aromatic rings. The topological polar surface area (TPSA) is 21.3 Å². The Morgan fingerprint density at radius 3 is 2.58 bits per heavy atom. The van der Waals surface area contributed by atoms with Crippen LogP contribution in [0.4, 0.5) is 10.1 Å². The van der Waals surface area contributed by atoms with Crippen LogP contribution in [-0.4, -0.2) is 13.2 Å². The quantitative estimate of drug-likeness (QED) is 0.821. The number of nitrogens with one attached hydrogen (secondary N) is 1. The van der Waals surface area contributed by atoms with Crippen molar-refractivity contribution >= 4 is 5.69 Å². The van der Waals surface area contributed by atoms with Crippen molar-refractivity contribution in [1.29, 1.82) is 0 Å². The summed E-state index contributed by atoms with van der Waals surface area (Å²) in [6.45, 7) is 4.97. The molecular weight excluding hydrogens is 241 g/mol. The molecule has 0 aliphatic carbocycles. The Morgan fingerprint density at radius 1 is 1.05 bits per heavy atom. The third-order valence-corrected chi connectivity index (χ3v) is 2.97. The molecule has 0 radical (unpaired) electrons. The van der Waals surface area contributed by atoms with Gasteiger partial charge in [-0.25, -0.2) is 4.39 Å². The van der Waals surface area contributed by atoms with Gasteiger partial charge < -0.3 is 10.1 Å². The molecule has 0 heterocycles. The summed E-state index contributed by atoms with van der Waals surface area (Å²) in [5.74, 6) is 0.332. The highest BCUT2D eigenvalue weighted by atomic mass is 19.1. The van der Waals surface area contributed by atoms with Crippen LogP contribution >= 0.6 is 0 Å². The van der Waals surface area contributed by atoms with Gasteiger partial charge in [0.1, 0.15) is 18.2 Å². The first-order chi connectivity index (χ1) is 9.16. The Bertz CT molecular complexity index is 554. The molecule has 2 rings (SSSR count). The molecule has 0 atom stereocenters. The van der Waals surface area contributed by atoms with Gasteiger partial charge in [-0.1, -0.05) is 24.3 Å². The fourth-order valence-corrected chi connectivity index (χ4v) is 1.79. The minimum atomic E-state index is -0.232. The van der Waals surface area contributed by atoms with Crippen LogP contribution in [0.5, 0.6) is 5.75 Å². The summed E-state index contributed by atoms with van der Waals surface area (Å²) < 4.78 is 18.8. The van der Waals surface area contributed by atoms with E-state index in [1.54, 1.807) is 19.1 Å². The normalized spacial score (nSPS) is 10.3. The lowest BCUT2D eigenvalue weighted by Crippen LogP contribution is -2.12. The lowest BCUT2D eigenvalue weighted by atomic mass is 10.2. The maximum atomic E-state index is 13.3. The van der Waals surface area contributed by atoms with Crippen LogP contribution in [-0.2, 0) is 0 Å². The maximum absolute atomic E-state index is 13.3. The lowest BCUT2D eigenvalue weighted by Gasteiger charge is -2.10. The second-order valence-corrected chi connectivity index (χ2v) is 4.50. The molecule has 0 unspecified atom stereocenters. The summed E-state index contributed by atoms with van der Waals surface area (Å²) in [6.07, 6.45) is 0. The van der Waals surface area contributed by atoms with E-state index in [1.165, 1.54) is 11.6 Å². The number of hydrogen-bond donors (Lipinski definition) is 1. The molecule has 0 spiro atoms. The van der Waals surface area contributed by atoms with Gasteiger partial charge in [0.15, 0.2) is 0 Å². The first kappa shape index (κ1) is 13.4. The monoisotopic (exact) mass is 259 g/mol. The summed E-state index contributed by atoms with van der Waals surface area (Å²) in [7, 11) is 0. The molecule has 3 heteroatoms. The molecule has 0 bridgehead atoms. The van der Waals surface area contributed by atoms with Gasteiger partial charge in [-0.3, -0.25) is 0 Å². The van der Waals surface area contributed by atoms with Crippen molar-refractivity contribution in [3.8, 4) is 5.75 Å². The van der Waals surface area contributed by atoms with Crippen molar-refractivity contribution < 1.29 is 9.13 Å². The minimum Gasteiger partial charge on any atom is -0.492 e. The SMILES string of the molecule is Cc1ccc(OCCNc2ccccc2C)cc1F. The molecule has 0 saturated carbocycles. The Balaban J connectivity index is 1.81. The molecular formula is C16H18FNO. The highest BCUT2D eigenvalue weighted by molar-refractivity contribution is 5.50. The van der Waals surface area contributed by atoms with E-state index in [2.05, 4.69) is 18.3 Å². The summed E-state index contributed by atoms with van der Waals surface area (Å²) in [4.78, 5) is 0. The molecule has 2 nitrogen and oxygen atoms in total. The van der Waals surface area contributed by atoms with Crippen LogP contribution in [0.3, 0.4) is 0 Å². The zero-order valence-electron chi connectivity index (χ0n) is 11.2. The fraction of sp³-hybridized carbons (Fsp3) is 0.250. The molecule has 0 fully saturated rings. The van der Waals surface area contributed by atoms with E-state index in [9.17, 15) is 4.39 Å². The summed E-state index contributed by atoms with van der Waals surface area (Å²) in [6, 6.07) is 13.0. The second kappa shape index (κ2) is 6.23. The van der Waals surface area contributed by atoms with Gasteiger partial charge >= 0.3 is 0 Å². The predicted molar refractivity (Wildman–Crippen MR) is 76.3 cm³/mol. The summed E-state index contributed by atoms with van der Waals surface area (Å²) in [5.41, 5.74) is 2.93. The number of para-hydroxylation sites is 1. The van der Waals surface area contributed by atoms with Gasteiger partial charge in [-0.15, -0.1) is 0 Å². The van der Waals surface area contributed by atoms with Gasteiger partial charge in [0.25, 0.3) is 0 Å². The van der Waals surface area contributed by atoms with Gasteiger partial charge in [-0.05, 0) is 37.1 Å². The fourth-order valence-electron chi connectivity index (χ4n) is 1.79. The van der Waals surface area contributed by atoms with Crippen LogP contribution in [0, 0.1) is 19.7 Å². The molecule has 0 aliphatic rings. The molecule has 0 amide bonds. The van der Waals surface area contributed by atoms with Gasteiger partial charge in [0.2, 0.25) is 0 Å². The Labute approximate surface area is 113 Å². The van der Waals surface area contributed by atoms with E-state index >= 15 is 0 Å². The first-order valence-corrected chi connectivity index (χ1v) is 6.35. The number of anilines is 1. The molecule has 0 aliphatic heterocycles. The summed E-state index contributed by atoms with van der Waals surface area (Å²) >= 11 is 0. The van der Waals surface area contributed by atoms with Gasteiger partial charge in [0.05, 0.1) is 0 Å². The standard InChI is InChI=1S/C16H18FNO/c1-12-7-8-14(11-15(12)17)19-10-9-18-16-6-4-3-5-13(16)2/h3-8,11,18H,9-10H2,1-2H3. The van der Waals surface area contributed by atoms with E-state index in [0.717, 1.165) is 5.69 Å². The van der Waals surface area contributed by atoms with Crippen molar-refractivity contribution in [2.24, 2.45) is 0 Å². The van der Waals surface area contributed by atoms with E-state index in [4.69, 9.17) is 4.74 Å². The number of aryl methyl sites for hydroxylation is 2. The van der Waals surface area contributed by atoms with Crippen LogP contribution in [0.25, 0.3) is 0 Å². The highest BCUT2D eigenvalue weighted by Crippen LogP contribution is 2.16. The number of ether oxygens (including phenoxy) is 1. The zero-order valence-corrected chi connectivity index (χ0v) is 11.2. The predicted octanol–water partition coefficient (Wildman–Crippen LogP) is 3.93. The smallest absolute Gasteiger partial charge is 0.129 e. The largest absolute Gasteiger partial charge is 0.492 e. The summed E-state index contributed by atoms with van der Waals surface area (Å²) in [5, 5.41) is 3.29. The van der Waals surface area contributed by atoms with Crippen LogP contribution in [0.2, 0.25) is 0 Å². The van der Waals surface area contributed by atoms with Gasteiger partial charge in [-0.2, -0.15) is 0 Å². The minimum absolute atomic E-state index is 0.232. The van der Waals surface area contributed by atoms with Crippen molar-refractivity contribution in [3.63, 3.8) is 0 Å². The van der Waals surface area contributed by atoms with E-state index in [-0.39, 0.29) is 5.82 Å². The average Bonchev–Trinajstić information content (AvgIpc) is 2.40. The number of hydrogen-bond acceptors (Lipinski definition) is 2. The zero-order chi connectivity index (χ0) is 13.7. The van der Waals surface area contributed by atoms with E-state index < -0.39 is 0 Å². The Hall–Kier alpha value is -2.03. The molecule has 0 aromatic heterocycles. The third kappa shape index (κ3) is 3.71. The second-order valence-electron chi connectivity index (χ2n) is 4.50. The van der Waals surface area contributed by atoms with Crippen molar-refractivity contribution in [2.45, 2.75) is 13.8 Å². The van der Waals surface area contributed by atoms with E-state index in [0.29, 0.717) is 24.5 Å². The molecule has 1 N–H and O–H groups in total. The lowest BCUT2D eigenvalue weighted by molar-refractivity contribution is 0.331. The van der Waals surface area contributed by atoms with Crippen molar-refractivity contribution in [3.05, 3.63) is 59.4 Å². The van der Waals surface area contributed by atoms with Gasteiger partial charge in [0, 0.05) is 18.3 Å². The van der Waals surface area contributed by atoms with Crippen LogP contribution in [0.15, 0.2) is 42.5 Å². The van der Waals surface area contributed by atoms with Crippen molar-refractivity contribution in [1.82, 2.24) is 0 Å².